The summed E-state index contributed by atoms with van der Waals surface area (Å²) in [5.41, 5.74) is -1.03. The normalized spacial score (nSPS) is 43.7. The molecule has 0 amide bonds. The first-order valence-corrected chi connectivity index (χ1v) is 9.50. The van der Waals surface area contributed by atoms with Crippen molar-refractivity contribution in [3.05, 3.63) is 0 Å². The fourth-order valence-corrected chi connectivity index (χ4v) is 6.97. The van der Waals surface area contributed by atoms with Crippen LogP contribution in [0.2, 0.25) is 0 Å². The van der Waals surface area contributed by atoms with E-state index in [0.717, 1.165) is 38.5 Å². The highest BCUT2D eigenvalue weighted by Gasteiger charge is 2.64. The summed E-state index contributed by atoms with van der Waals surface area (Å²) < 4.78 is 5.14. The lowest BCUT2D eigenvalue weighted by atomic mass is 9.40. The minimum absolute atomic E-state index is 0.0701. The predicted octanol–water partition coefficient (Wildman–Crippen LogP) is 3.60. The Bertz CT molecular complexity index is 595. The lowest BCUT2D eigenvalue weighted by Gasteiger charge is -2.63. The molecule has 0 aromatic rings. The van der Waals surface area contributed by atoms with Gasteiger partial charge in [0.2, 0.25) is 0 Å². The van der Waals surface area contributed by atoms with Gasteiger partial charge in [-0.15, -0.1) is 0 Å². The number of carboxylic acid groups (broad SMARTS) is 1. The van der Waals surface area contributed by atoms with Gasteiger partial charge in [0.1, 0.15) is 5.78 Å². The van der Waals surface area contributed by atoms with Crippen molar-refractivity contribution < 1.29 is 24.2 Å². The summed E-state index contributed by atoms with van der Waals surface area (Å²) in [4.78, 5) is 36.4. The van der Waals surface area contributed by atoms with Gasteiger partial charge in [-0.25, -0.2) is 0 Å². The second kappa shape index (κ2) is 6.10. The Hall–Kier alpha value is -1.39. The monoisotopic (exact) mass is 350 g/mol. The van der Waals surface area contributed by atoms with E-state index in [1.807, 2.05) is 6.92 Å². The van der Waals surface area contributed by atoms with Crippen LogP contribution in [0, 0.1) is 28.1 Å². The van der Waals surface area contributed by atoms with Crippen LogP contribution in [0.5, 0.6) is 0 Å². The van der Waals surface area contributed by atoms with Gasteiger partial charge in [-0.05, 0) is 61.7 Å². The minimum atomic E-state index is -0.812. The zero-order valence-electron chi connectivity index (χ0n) is 15.6. The van der Waals surface area contributed by atoms with E-state index in [1.165, 1.54) is 7.11 Å². The third-order valence-corrected chi connectivity index (χ3v) is 7.86. The fourth-order valence-electron chi connectivity index (χ4n) is 6.97. The van der Waals surface area contributed by atoms with Crippen molar-refractivity contribution in [3.63, 3.8) is 0 Å². The van der Waals surface area contributed by atoms with Crippen LogP contribution in [-0.2, 0) is 19.1 Å². The van der Waals surface area contributed by atoms with Crippen molar-refractivity contribution in [2.45, 2.75) is 71.6 Å². The van der Waals surface area contributed by atoms with Crippen molar-refractivity contribution in [1.82, 2.24) is 0 Å². The lowest BCUT2D eigenvalue weighted by molar-refractivity contribution is -0.189. The van der Waals surface area contributed by atoms with Gasteiger partial charge >= 0.3 is 11.9 Å². The van der Waals surface area contributed by atoms with Gasteiger partial charge in [-0.3, -0.25) is 14.4 Å². The number of carboxylic acids is 1. The minimum Gasteiger partial charge on any atom is -0.481 e. The van der Waals surface area contributed by atoms with Gasteiger partial charge in [-0.1, -0.05) is 13.3 Å². The van der Waals surface area contributed by atoms with Crippen LogP contribution in [0.3, 0.4) is 0 Å². The number of aliphatic carboxylic acids is 1. The number of ketones is 1. The van der Waals surface area contributed by atoms with E-state index in [9.17, 15) is 19.5 Å². The summed E-state index contributed by atoms with van der Waals surface area (Å²) in [5.74, 6) is -0.362. The van der Waals surface area contributed by atoms with Crippen molar-refractivity contribution in [1.29, 1.82) is 0 Å². The van der Waals surface area contributed by atoms with E-state index in [0.29, 0.717) is 12.8 Å². The van der Waals surface area contributed by atoms with Crippen LogP contribution in [0.4, 0.5) is 0 Å². The molecule has 140 valence electrons. The summed E-state index contributed by atoms with van der Waals surface area (Å²) in [6, 6.07) is 0. The molecule has 0 spiro atoms. The summed E-state index contributed by atoms with van der Waals surface area (Å²) in [6.45, 7) is 4.27. The molecule has 0 unspecified atom stereocenters. The Morgan fingerprint density at radius 3 is 2.52 bits per heavy atom. The van der Waals surface area contributed by atoms with E-state index in [4.69, 9.17) is 4.74 Å². The third-order valence-electron chi connectivity index (χ3n) is 7.86. The molecule has 0 bridgehead atoms. The van der Waals surface area contributed by atoms with Gasteiger partial charge < -0.3 is 9.84 Å². The van der Waals surface area contributed by atoms with E-state index < -0.39 is 16.8 Å². The molecule has 0 heterocycles. The van der Waals surface area contributed by atoms with Gasteiger partial charge in [0.25, 0.3) is 0 Å². The Morgan fingerprint density at radius 2 is 1.88 bits per heavy atom. The molecule has 1 N–H and O–H groups in total. The maximum atomic E-state index is 12.6. The molecule has 3 fully saturated rings. The number of carbonyl (C=O) groups is 3. The van der Waals surface area contributed by atoms with Crippen molar-refractivity contribution >= 4 is 17.7 Å². The molecule has 0 aromatic carbocycles. The number of hydrogen-bond acceptors (Lipinski definition) is 4. The summed E-state index contributed by atoms with van der Waals surface area (Å²) in [6.07, 6.45) is 6.08. The van der Waals surface area contributed by atoms with Crippen molar-refractivity contribution in [2.24, 2.45) is 28.1 Å². The molecule has 0 radical (unpaired) electrons. The number of Topliss-reactive ketones (excluding diaryl/α,β-unsaturated/α-hetero) is 1. The zero-order chi connectivity index (χ0) is 18.5. The van der Waals surface area contributed by atoms with Gasteiger partial charge in [0.05, 0.1) is 18.9 Å². The molecule has 25 heavy (non-hydrogen) atoms. The number of carbonyl (C=O) groups excluding carboxylic acids is 2. The van der Waals surface area contributed by atoms with Gasteiger partial charge in [0, 0.05) is 12.8 Å². The number of hydrogen-bond donors (Lipinski definition) is 1. The molecule has 5 nitrogen and oxygen atoms in total. The molecule has 3 aliphatic carbocycles. The average Bonchev–Trinajstić information content (AvgIpc) is 2.52. The molecule has 3 saturated carbocycles. The number of methoxy groups -OCH3 is 1. The Labute approximate surface area is 149 Å². The topological polar surface area (TPSA) is 80.7 Å². The van der Waals surface area contributed by atoms with Crippen molar-refractivity contribution in [3.8, 4) is 0 Å². The smallest absolute Gasteiger partial charge is 0.311 e. The maximum absolute atomic E-state index is 12.6. The quantitative estimate of drug-likeness (QED) is 0.787. The van der Waals surface area contributed by atoms with Crippen LogP contribution in [0.15, 0.2) is 0 Å². The molecule has 3 rings (SSSR count). The van der Waals surface area contributed by atoms with Crippen molar-refractivity contribution in [2.75, 3.05) is 7.11 Å². The van der Waals surface area contributed by atoms with E-state index in [2.05, 4.69) is 6.92 Å². The highest BCUT2D eigenvalue weighted by Crippen LogP contribution is 2.68. The molecule has 5 atom stereocenters. The summed E-state index contributed by atoms with van der Waals surface area (Å²) >= 11 is 0. The number of fused-ring (bicyclic) bond motifs is 3. The van der Waals surface area contributed by atoms with Crippen LogP contribution in [0.1, 0.15) is 71.6 Å². The summed E-state index contributed by atoms with van der Waals surface area (Å²) in [5, 5.41) is 9.51. The van der Waals surface area contributed by atoms with E-state index in [-0.39, 0.29) is 35.4 Å². The average molecular weight is 350 g/mol. The van der Waals surface area contributed by atoms with Crippen LogP contribution >= 0.6 is 0 Å². The maximum Gasteiger partial charge on any atom is 0.311 e. The number of rotatable bonds is 3. The van der Waals surface area contributed by atoms with Crippen LogP contribution < -0.4 is 0 Å². The fraction of sp³-hybridized carbons (Fsp3) is 0.850. The predicted molar refractivity (Wildman–Crippen MR) is 91.8 cm³/mol. The van der Waals surface area contributed by atoms with Gasteiger partial charge in [-0.2, -0.15) is 0 Å². The zero-order valence-corrected chi connectivity index (χ0v) is 15.6. The van der Waals surface area contributed by atoms with Gasteiger partial charge in [0.15, 0.2) is 0 Å². The largest absolute Gasteiger partial charge is 0.481 e. The lowest BCUT2D eigenvalue weighted by Crippen LogP contribution is -2.60. The van der Waals surface area contributed by atoms with E-state index >= 15 is 0 Å². The molecule has 3 aliphatic rings. The molecule has 0 aliphatic heterocycles. The van der Waals surface area contributed by atoms with Crippen LogP contribution in [-0.4, -0.2) is 29.9 Å². The third kappa shape index (κ3) is 2.70. The van der Waals surface area contributed by atoms with E-state index in [1.54, 1.807) is 0 Å². The van der Waals surface area contributed by atoms with Crippen LogP contribution in [0.25, 0.3) is 0 Å². The molecular weight excluding hydrogens is 320 g/mol. The number of ether oxygens (including phenoxy) is 1. The first-order chi connectivity index (χ1) is 11.7. The number of esters is 1. The second-order valence-corrected chi connectivity index (χ2v) is 9.10. The molecule has 5 heteroatoms. The standard InChI is InChI=1S/C20H30O5/c1-18-8-4-9-19(2,17(24)25-3)14(18)7-10-20(12-16(22)23)11-13(21)5-6-15(18)20/h14-15H,4-12H2,1-3H3,(H,22,23)/t14-,15-,18+,19+,20-/m0/s1. The first kappa shape index (κ1) is 18.4. The molecular formula is C20H30O5. The first-order valence-electron chi connectivity index (χ1n) is 9.50. The molecule has 0 saturated heterocycles. The Kier molecular flexibility index (Phi) is 4.49. The Balaban J connectivity index is 2.02. The summed E-state index contributed by atoms with van der Waals surface area (Å²) in [7, 11) is 1.45. The Morgan fingerprint density at radius 1 is 1.16 bits per heavy atom. The highest BCUT2D eigenvalue weighted by atomic mass is 16.5. The SMILES string of the molecule is COC(=O)[C@]1(C)CCC[C@@]2(C)[C@@H]3CCC(=O)C[C@]3(CC(=O)O)CC[C@@H]21. The highest BCUT2D eigenvalue weighted by molar-refractivity contribution is 5.81. The second-order valence-electron chi connectivity index (χ2n) is 9.10. The molecule has 0 aromatic heterocycles.